The number of nitriles is 1. The molecule has 0 aromatic carbocycles. The number of allylic oxidation sites excluding steroid dienone is 2. The van der Waals surface area contributed by atoms with Crippen LogP contribution in [0, 0.1) is 67.5 Å². The fourth-order valence-electron chi connectivity index (χ4n) is 10.7. The van der Waals surface area contributed by atoms with Crippen molar-refractivity contribution in [3.8, 4) is 6.07 Å². The first-order valence-electron chi connectivity index (χ1n) is 13.9. The molecule has 0 heterocycles. The van der Waals surface area contributed by atoms with E-state index in [4.69, 9.17) is 0 Å². The summed E-state index contributed by atoms with van der Waals surface area (Å²) in [7, 11) is 0. The number of hydrogen-bond donors (Lipinski definition) is 1. The van der Waals surface area contributed by atoms with E-state index < -0.39 is 5.41 Å². The molecule has 8 atom stereocenters. The van der Waals surface area contributed by atoms with Crippen LogP contribution in [0.15, 0.2) is 11.6 Å². The molecule has 0 radical (unpaired) electrons. The molecule has 4 nitrogen and oxygen atoms in total. The van der Waals surface area contributed by atoms with Crippen molar-refractivity contribution in [1.82, 2.24) is 0 Å². The van der Waals surface area contributed by atoms with Gasteiger partial charge in [-0.3, -0.25) is 9.59 Å². The zero-order valence-corrected chi connectivity index (χ0v) is 23.0. The van der Waals surface area contributed by atoms with E-state index in [1.54, 1.807) is 0 Å². The highest BCUT2D eigenvalue weighted by Gasteiger charge is 2.72. The molecule has 1 N–H and O–H groups in total. The van der Waals surface area contributed by atoms with Crippen LogP contribution >= 0.6 is 0 Å². The van der Waals surface area contributed by atoms with Gasteiger partial charge in [0, 0.05) is 24.4 Å². The number of aliphatic hydroxyl groups is 1. The Hall–Kier alpha value is -1.47. The van der Waals surface area contributed by atoms with Crippen LogP contribution < -0.4 is 0 Å². The van der Waals surface area contributed by atoms with Gasteiger partial charge in [-0.05, 0) is 89.8 Å². The molecule has 35 heavy (non-hydrogen) atoms. The minimum Gasteiger partial charge on any atom is -0.396 e. The van der Waals surface area contributed by atoms with Crippen molar-refractivity contribution in [3.63, 3.8) is 0 Å². The van der Waals surface area contributed by atoms with Crippen LogP contribution in [-0.2, 0) is 9.59 Å². The number of carbonyl (C=O) groups excluding carboxylic acids is 2. The molecule has 4 heteroatoms. The molecular formula is C31H45NO3. The van der Waals surface area contributed by atoms with Gasteiger partial charge in [0.2, 0.25) is 0 Å². The summed E-state index contributed by atoms with van der Waals surface area (Å²) in [5, 5.41) is 20.5. The second kappa shape index (κ2) is 7.31. The lowest BCUT2D eigenvalue weighted by Gasteiger charge is -2.72. The standard InChI is InChI=1S/C31H45NO3/c1-26(2)10-12-31(18-33)13-11-30(7)24(20(31)16-26)21(34)14-23-28(5)15-19(17-32)25(35)27(3,4)22(28)8-9-29(23,30)6/h15,20,22-24,33H,8-14,16,18H2,1-7H3/t20?,22?,23?,24?,28?,29?,30-,31-/m1/s1. The number of aliphatic hydroxyl groups excluding tert-OH is 1. The zero-order chi connectivity index (χ0) is 25.8. The van der Waals surface area contributed by atoms with E-state index >= 15 is 0 Å². The lowest BCUT2D eigenvalue weighted by molar-refractivity contribution is -0.226. The molecule has 0 aromatic rings. The molecule has 0 amide bonds. The summed E-state index contributed by atoms with van der Waals surface area (Å²) in [5.74, 6) is 0.823. The third-order valence-electron chi connectivity index (χ3n) is 13.0. The number of rotatable bonds is 1. The zero-order valence-electron chi connectivity index (χ0n) is 23.0. The highest BCUT2D eigenvalue weighted by Crippen LogP contribution is 2.75. The average molecular weight is 480 g/mol. The van der Waals surface area contributed by atoms with Gasteiger partial charge in [0.05, 0.1) is 5.57 Å². The maximum atomic E-state index is 14.3. The van der Waals surface area contributed by atoms with Crippen LogP contribution in [0.25, 0.3) is 0 Å². The molecule has 0 saturated heterocycles. The molecule has 4 saturated carbocycles. The summed E-state index contributed by atoms with van der Waals surface area (Å²) in [6.45, 7) is 16.0. The van der Waals surface area contributed by atoms with Crippen molar-refractivity contribution in [3.05, 3.63) is 11.6 Å². The summed E-state index contributed by atoms with van der Waals surface area (Å²) in [6.07, 6.45) is 9.61. The van der Waals surface area contributed by atoms with Crippen LogP contribution in [-0.4, -0.2) is 23.3 Å². The first kappa shape index (κ1) is 25.2. The van der Waals surface area contributed by atoms with E-state index in [0.29, 0.717) is 12.2 Å². The second-order valence-electron chi connectivity index (χ2n) is 15.2. The lowest BCUT2D eigenvalue weighted by Crippen LogP contribution is -2.68. The molecule has 0 aromatic heterocycles. The van der Waals surface area contributed by atoms with E-state index in [1.165, 1.54) is 0 Å². The maximum Gasteiger partial charge on any atom is 0.178 e. The molecule has 5 rings (SSSR count). The Bertz CT molecular complexity index is 1050. The van der Waals surface area contributed by atoms with Crippen molar-refractivity contribution in [2.45, 2.75) is 99.8 Å². The van der Waals surface area contributed by atoms with E-state index in [2.05, 4.69) is 40.7 Å². The number of Topliss-reactive ketones (excluding diaryl/α,β-unsaturated/α-hetero) is 2. The topological polar surface area (TPSA) is 78.2 Å². The quantitative estimate of drug-likeness (QED) is 0.480. The van der Waals surface area contributed by atoms with Gasteiger partial charge in [0.1, 0.15) is 11.9 Å². The van der Waals surface area contributed by atoms with Crippen LogP contribution in [0.2, 0.25) is 0 Å². The fourth-order valence-corrected chi connectivity index (χ4v) is 10.7. The third kappa shape index (κ3) is 3.00. The lowest BCUT2D eigenvalue weighted by atomic mass is 9.31. The summed E-state index contributed by atoms with van der Waals surface area (Å²) >= 11 is 0. The molecule has 0 bridgehead atoms. The van der Waals surface area contributed by atoms with Crippen LogP contribution in [0.4, 0.5) is 0 Å². The van der Waals surface area contributed by atoms with Gasteiger partial charge in [-0.25, -0.2) is 0 Å². The Balaban J connectivity index is 1.63. The molecule has 192 valence electrons. The smallest absolute Gasteiger partial charge is 0.178 e. The van der Waals surface area contributed by atoms with Gasteiger partial charge >= 0.3 is 0 Å². The Kier molecular flexibility index (Phi) is 5.26. The summed E-state index contributed by atoms with van der Waals surface area (Å²) < 4.78 is 0. The van der Waals surface area contributed by atoms with Gasteiger partial charge in [0.15, 0.2) is 5.78 Å². The van der Waals surface area contributed by atoms with Crippen molar-refractivity contribution in [2.75, 3.05) is 6.61 Å². The van der Waals surface area contributed by atoms with Gasteiger partial charge in [-0.1, -0.05) is 54.5 Å². The van der Waals surface area contributed by atoms with Crippen molar-refractivity contribution in [1.29, 1.82) is 5.26 Å². The molecule has 0 spiro atoms. The van der Waals surface area contributed by atoms with Gasteiger partial charge in [0.25, 0.3) is 0 Å². The average Bonchev–Trinajstić information content (AvgIpc) is 2.77. The largest absolute Gasteiger partial charge is 0.396 e. The van der Waals surface area contributed by atoms with E-state index in [-0.39, 0.29) is 68.7 Å². The Labute approximate surface area is 211 Å². The van der Waals surface area contributed by atoms with Crippen molar-refractivity contribution >= 4 is 11.6 Å². The molecule has 5 aliphatic carbocycles. The minimum atomic E-state index is -0.595. The summed E-state index contributed by atoms with van der Waals surface area (Å²) in [4.78, 5) is 27.5. The Morgan fingerprint density at radius 3 is 2.23 bits per heavy atom. The predicted octanol–water partition coefficient (Wildman–Crippen LogP) is 6.28. The maximum absolute atomic E-state index is 14.3. The van der Waals surface area contributed by atoms with Crippen molar-refractivity contribution < 1.29 is 14.7 Å². The Morgan fingerprint density at radius 2 is 1.60 bits per heavy atom. The molecule has 4 fully saturated rings. The summed E-state index contributed by atoms with van der Waals surface area (Å²) in [6, 6.07) is 2.21. The SMILES string of the molecule is CC1(C)CC[C@]2(CO)CC[C@]3(C)C(C(=O)CC4C5(C)C=C(C#N)C(=O)C(C)(C)C5CCC43C)C2C1. The van der Waals surface area contributed by atoms with E-state index in [1.807, 2.05) is 19.9 Å². The number of hydrogen-bond acceptors (Lipinski definition) is 4. The monoisotopic (exact) mass is 479 g/mol. The van der Waals surface area contributed by atoms with Crippen LogP contribution in [0.3, 0.4) is 0 Å². The molecular weight excluding hydrogens is 434 g/mol. The first-order valence-corrected chi connectivity index (χ1v) is 13.9. The number of nitrogens with zero attached hydrogens (tertiary/aromatic N) is 1. The number of carbonyl (C=O) groups is 2. The predicted molar refractivity (Wildman–Crippen MR) is 136 cm³/mol. The van der Waals surface area contributed by atoms with Gasteiger partial charge in [-0.2, -0.15) is 5.26 Å². The van der Waals surface area contributed by atoms with Crippen molar-refractivity contribution in [2.24, 2.45) is 56.2 Å². The highest BCUT2D eigenvalue weighted by molar-refractivity contribution is 6.04. The number of ketones is 2. The van der Waals surface area contributed by atoms with E-state index in [9.17, 15) is 20.0 Å². The fraction of sp³-hybridized carbons (Fsp3) is 0.839. The first-order chi connectivity index (χ1) is 16.1. The Morgan fingerprint density at radius 1 is 0.943 bits per heavy atom. The second-order valence-corrected chi connectivity index (χ2v) is 15.2. The minimum absolute atomic E-state index is 0.0120. The number of fused-ring (bicyclic) bond motifs is 7. The highest BCUT2D eigenvalue weighted by atomic mass is 16.3. The van der Waals surface area contributed by atoms with Gasteiger partial charge < -0.3 is 5.11 Å². The molecule has 5 aliphatic rings. The van der Waals surface area contributed by atoms with Crippen LogP contribution in [0.1, 0.15) is 99.8 Å². The van der Waals surface area contributed by atoms with E-state index in [0.717, 1.165) is 44.9 Å². The third-order valence-corrected chi connectivity index (χ3v) is 13.0. The van der Waals surface area contributed by atoms with Crippen LogP contribution in [0.5, 0.6) is 0 Å². The summed E-state index contributed by atoms with van der Waals surface area (Å²) in [5.41, 5.74) is -0.764. The molecule has 6 unspecified atom stereocenters. The van der Waals surface area contributed by atoms with Gasteiger partial charge in [-0.15, -0.1) is 0 Å². The normalized spacial score (nSPS) is 50.1. The molecule has 0 aliphatic heterocycles.